The maximum atomic E-state index is 11.9. The van der Waals surface area contributed by atoms with Crippen LogP contribution in [0.1, 0.15) is 27.3 Å². The largest absolute Gasteiger partial charge is 0.478 e. The van der Waals surface area contributed by atoms with E-state index in [1.54, 1.807) is 0 Å². The molecule has 0 aromatic carbocycles. The lowest BCUT2D eigenvalue weighted by Crippen LogP contribution is -2.30. The SMILES string of the molecule is O=C(O)c1ccc(C(=O)N2CCC(O)C2)nc1. The lowest BCUT2D eigenvalue weighted by molar-refractivity contribution is 0.0693. The van der Waals surface area contributed by atoms with Crippen molar-refractivity contribution in [1.82, 2.24) is 9.88 Å². The van der Waals surface area contributed by atoms with E-state index in [-0.39, 0.29) is 17.2 Å². The quantitative estimate of drug-likeness (QED) is 0.753. The van der Waals surface area contributed by atoms with Crippen molar-refractivity contribution in [2.24, 2.45) is 0 Å². The van der Waals surface area contributed by atoms with Gasteiger partial charge in [0, 0.05) is 19.3 Å². The summed E-state index contributed by atoms with van der Waals surface area (Å²) < 4.78 is 0. The van der Waals surface area contributed by atoms with Crippen molar-refractivity contribution in [2.45, 2.75) is 12.5 Å². The van der Waals surface area contributed by atoms with E-state index in [2.05, 4.69) is 4.98 Å². The second-order valence-electron chi connectivity index (χ2n) is 3.93. The van der Waals surface area contributed by atoms with Crippen LogP contribution < -0.4 is 0 Å². The number of carboxylic acid groups (broad SMARTS) is 1. The Morgan fingerprint density at radius 2 is 2.18 bits per heavy atom. The van der Waals surface area contributed by atoms with Gasteiger partial charge in [-0.05, 0) is 18.6 Å². The molecule has 1 aromatic heterocycles. The average molecular weight is 236 g/mol. The van der Waals surface area contributed by atoms with E-state index < -0.39 is 12.1 Å². The number of nitrogens with zero attached hydrogens (tertiary/aromatic N) is 2. The summed E-state index contributed by atoms with van der Waals surface area (Å²) in [6.07, 6.45) is 1.25. The van der Waals surface area contributed by atoms with E-state index in [1.807, 2.05) is 0 Å². The summed E-state index contributed by atoms with van der Waals surface area (Å²) in [5.41, 5.74) is 0.243. The number of aliphatic hydroxyl groups is 1. The van der Waals surface area contributed by atoms with Crippen LogP contribution in [0.3, 0.4) is 0 Å². The number of β-amino-alcohol motifs (C(OH)–C–C–N with tert-alkyl or cyclic N) is 1. The summed E-state index contributed by atoms with van der Waals surface area (Å²) in [6, 6.07) is 2.73. The fourth-order valence-corrected chi connectivity index (χ4v) is 1.74. The number of likely N-dealkylation sites (tertiary alicyclic amines) is 1. The maximum Gasteiger partial charge on any atom is 0.337 e. The normalized spacial score (nSPS) is 19.4. The van der Waals surface area contributed by atoms with Gasteiger partial charge < -0.3 is 15.1 Å². The highest BCUT2D eigenvalue weighted by atomic mass is 16.4. The second-order valence-corrected chi connectivity index (χ2v) is 3.93. The average Bonchev–Trinajstić information content (AvgIpc) is 2.75. The third kappa shape index (κ3) is 2.42. The van der Waals surface area contributed by atoms with E-state index in [0.717, 1.165) is 6.20 Å². The van der Waals surface area contributed by atoms with Crippen LogP contribution in [0.15, 0.2) is 18.3 Å². The van der Waals surface area contributed by atoms with Gasteiger partial charge in [0.1, 0.15) is 5.69 Å². The Balaban J connectivity index is 2.12. The van der Waals surface area contributed by atoms with Gasteiger partial charge in [0.15, 0.2) is 0 Å². The molecule has 0 aliphatic carbocycles. The number of hydrogen-bond acceptors (Lipinski definition) is 4. The van der Waals surface area contributed by atoms with Crippen molar-refractivity contribution in [1.29, 1.82) is 0 Å². The Morgan fingerprint density at radius 1 is 1.41 bits per heavy atom. The van der Waals surface area contributed by atoms with Crippen LogP contribution in [0.5, 0.6) is 0 Å². The van der Waals surface area contributed by atoms with Gasteiger partial charge in [-0.1, -0.05) is 0 Å². The van der Waals surface area contributed by atoms with Crippen molar-refractivity contribution in [3.05, 3.63) is 29.6 Å². The molecule has 1 aliphatic heterocycles. The van der Waals surface area contributed by atoms with E-state index in [9.17, 15) is 14.7 Å². The molecule has 1 unspecified atom stereocenters. The molecule has 6 heteroatoms. The first kappa shape index (κ1) is 11.5. The molecule has 1 fully saturated rings. The number of aliphatic hydroxyl groups excluding tert-OH is 1. The molecule has 6 nitrogen and oxygen atoms in total. The van der Waals surface area contributed by atoms with Gasteiger partial charge >= 0.3 is 5.97 Å². The summed E-state index contributed by atoms with van der Waals surface area (Å²) in [7, 11) is 0. The predicted molar refractivity (Wildman–Crippen MR) is 57.7 cm³/mol. The smallest absolute Gasteiger partial charge is 0.337 e. The minimum absolute atomic E-state index is 0.0445. The molecule has 2 rings (SSSR count). The number of carbonyl (C=O) groups is 2. The van der Waals surface area contributed by atoms with Crippen LogP contribution in [0, 0.1) is 0 Å². The summed E-state index contributed by atoms with van der Waals surface area (Å²) in [4.78, 5) is 27.8. The number of amides is 1. The number of aromatic nitrogens is 1. The standard InChI is InChI=1S/C11H12N2O4/c14-8-3-4-13(6-8)10(15)9-2-1-7(5-12-9)11(16)17/h1-2,5,8,14H,3-4,6H2,(H,16,17). The van der Waals surface area contributed by atoms with Crippen LogP contribution in [0.4, 0.5) is 0 Å². The van der Waals surface area contributed by atoms with Crippen LogP contribution in [0.2, 0.25) is 0 Å². The Bertz CT molecular complexity index is 443. The van der Waals surface area contributed by atoms with Crippen LogP contribution in [-0.4, -0.2) is 51.2 Å². The van der Waals surface area contributed by atoms with Gasteiger partial charge in [-0.15, -0.1) is 0 Å². The minimum Gasteiger partial charge on any atom is -0.478 e. The molecule has 0 saturated carbocycles. The first-order valence-corrected chi connectivity index (χ1v) is 5.24. The molecule has 2 heterocycles. The number of carboxylic acids is 1. The summed E-state index contributed by atoms with van der Waals surface area (Å²) >= 11 is 0. The molecular formula is C11H12N2O4. The third-order valence-electron chi connectivity index (χ3n) is 2.68. The highest BCUT2D eigenvalue weighted by molar-refractivity contribution is 5.93. The zero-order valence-corrected chi connectivity index (χ0v) is 9.04. The Kier molecular flexibility index (Phi) is 3.06. The highest BCUT2D eigenvalue weighted by Gasteiger charge is 2.26. The Labute approximate surface area is 97.5 Å². The molecule has 1 aromatic rings. The minimum atomic E-state index is -1.08. The third-order valence-corrected chi connectivity index (χ3v) is 2.68. The molecule has 17 heavy (non-hydrogen) atoms. The van der Waals surface area contributed by atoms with Crippen LogP contribution in [-0.2, 0) is 0 Å². The monoisotopic (exact) mass is 236 g/mol. The van der Waals surface area contributed by atoms with Crippen molar-refractivity contribution in [3.63, 3.8) is 0 Å². The molecule has 90 valence electrons. The fraction of sp³-hybridized carbons (Fsp3) is 0.364. The number of rotatable bonds is 2. The van der Waals surface area contributed by atoms with E-state index >= 15 is 0 Å². The second kappa shape index (κ2) is 4.50. The van der Waals surface area contributed by atoms with Gasteiger partial charge in [0.25, 0.3) is 5.91 Å². The fourth-order valence-electron chi connectivity index (χ4n) is 1.74. The van der Waals surface area contributed by atoms with Gasteiger partial charge in [-0.25, -0.2) is 4.79 Å². The molecule has 0 radical (unpaired) electrons. The molecule has 0 bridgehead atoms. The first-order valence-electron chi connectivity index (χ1n) is 5.24. The molecule has 1 amide bonds. The lowest BCUT2D eigenvalue weighted by atomic mass is 10.2. The highest BCUT2D eigenvalue weighted by Crippen LogP contribution is 2.12. The zero-order valence-electron chi connectivity index (χ0n) is 9.04. The van der Waals surface area contributed by atoms with E-state index in [1.165, 1.54) is 17.0 Å². The summed E-state index contributed by atoms with van der Waals surface area (Å²) in [5.74, 6) is -1.36. The van der Waals surface area contributed by atoms with Gasteiger partial charge in [0.05, 0.1) is 11.7 Å². The topological polar surface area (TPSA) is 90.7 Å². The summed E-state index contributed by atoms with van der Waals surface area (Å²) in [6.45, 7) is 0.809. The lowest BCUT2D eigenvalue weighted by Gasteiger charge is -2.14. The van der Waals surface area contributed by atoms with Crippen molar-refractivity contribution < 1.29 is 19.8 Å². The van der Waals surface area contributed by atoms with Gasteiger partial charge in [-0.2, -0.15) is 0 Å². The van der Waals surface area contributed by atoms with Crippen LogP contribution in [0.25, 0.3) is 0 Å². The molecule has 1 saturated heterocycles. The maximum absolute atomic E-state index is 11.9. The number of aromatic carboxylic acids is 1. The van der Waals surface area contributed by atoms with E-state index in [0.29, 0.717) is 19.5 Å². The molecule has 1 atom stereocenters. The van der Waals surface area contributed by atoms with Crippen molar-refractivity contribution in [3.8, 4) is 0 Å². The molecule has 2 N–H and O–H groups in total. The molecule has 0 spiro atoms. The zero-order chi connectivity index (χ0) is 12.4. The predicted octanol–water partition coefficient (Wildman–Crippen LogP) is -0.0134. The molecular weight excluding hydrogens is 224 g/mol. The Morgan fingerprint density at radius 3 is 2.65 bits per heavy atom. The summed E-state index contributed by atoms with van der Waals surface area (Å²) in [5, 5.41) is 18.0. The number of hydrogen-bond donors (Lipinski definition) is 2. The number of carbonyl (C=O) groups excluding carboxylic acids is 1. The van der Waals surface area contributed by atoms with Crippen LogP contribution >= 0.6 is 0 Å². The first-order chi connectivity index (χ1) is 8.08. The van der Waals surface area contributed by atoms with Crippen molar-refractivity contribution >= 4 is 11.9 Å². The molecule has 1 aliphatic rings. The number of pyridine rings is 1. The Hall–Kier alpha value is -1.95. The van der Waals surface area contributed by atoms with Gasteiger partial charge in [0.2, 0.25) is 0 Å². The van der Waals surface area contributed by atoms with E-state index in [4.69, 9.17) is 5.11 Å². The van der Waals surface area contributed by atoms with Gasteiger partial charge in [-0.3, -0.25) is 9.78 Å². The van der Waals surface area contributed by atoms with Crippen molar-refractivity contribution in [2.75, 3.05) is 13.1 Å².